The standard InChI is InChI=1S/C6H7BO2.C6H6O2/c8-7(9)6-4-2-1-3-5-6;7-5-3-1-2-4-6(5)8/h1-5,8-9H;1-4,7-8H. The number of hydrogen-bond acceptors (Lipinski definition) is 4. The zero-order valence-electron chi connectivity index (χ0n) is 9.06. The first-order valence-corrected chi connectivity index (χ1v) is 4.99. The molecular weight excluding hydrogens is 219 g/mol. The number of phenols is 2. The van der Waals surface area contributed by atoms with E-state index in [0.29, 0.717) is 5.46 Å². The molecule has 0 heterocycles. The van der Waals surface area contributed by atoms with Crippen molar-refractivity contribution in [1.82, 2.24) is 0 Å². The Morgan fingerprint density at radius 1 is 0.647 bits per heavy atom. The fraction of sp³-hybridized carbons (Fsp3) is 0. The third-order valence-corrected chi connectivity index (χ3v) is 1.98. The predicted octanol–water partition coefficient (Wildman–Crippen LogP) is 0.464. The molecule has 0 radical (unpaired) electrons. The fourth-order valence-electron chi connectivity index (χ4n) is 1.09. The molecule has 0 unspecified atom stereocenters. The SMILES string of the molecule is OB(O)c1ccccc1.Oc1ccccc1O. The minimum atomic E-state index is -1.34. The van der Waals surface area contributed by atoms with Gasteiger partial charge in [0.25, 0.3) is 0 Å². The largest absolute Gasteiger partial charge is 0.504 e. The lowest BCUT2D eigenvalue weighted by molar-refractivity contribution is 0.404. The maximum atomic E-state index is 8.67. The highest BCUT2D eigenvalue weighted by atomic mass is 16.4. The summed E-state index contributed by atoms with van der Waals surface area (Å²) in [5.41, 5.74) is 0.525. The maximum Gasteiger partial charge on any atom is 0.488 e. The predicted molar refractivity (Wildman–Crippen MR) is 66.0 cm³/mol. The van der Waals surface area contributed by atoms with Crippen LogP contribution in [0.2, 0.25) is 0 Å². The van der Waals surface area contributed by atoms with Crippen molar-refractivity contribution in [2.24, 2.45) is 0 Å². The summed E-state index contributed by atoms with van der Waals surface area (Å²) >= 11 is 0. The molecule has 4 N–H and O–H groups in total. The minimum absolute atomic E-state index is 0.0764. The molecular formula is C12H13BO4. The van der Waals surface area contributed by atoms with Crippen LogP contribution in [0.3, 0.4) is 0 Å². The minimum Gasteiger partial charge on any atom is -0.504 e. The van der Waals surface area contributed by atoms with Gasteiger partial charge >= 0.3 is 7.12 Å². The second-order valence-corrected chi connectivity index (χ2v) is 3.27. The van der Waals surface area contributed by atoms with Crippen molar-refractivity contribution in [3.05, 3.63) is 54.6 Å². The molecule has 5 heteroatoms. The summed E-state index contributed by atoms with van der Waals surface area (Å²) in [6.45, 7) is 0. The smallest absolute Gasteiger partial charge is 0.488 e. The Bertz CT molecular complexity index is 424. The first-order chi connectivity index (χ1) is 8.11. The van der Waals surface area contributed by atoms with Gasteiger partial charge in [-0.25, -0.2) is 0 Å². The molecule has 17 heavy (non-hydrogen) atoms. The summed E-state index contributed by atoms with van der Waals surface area (Å²) in [7, 11) is -1.34. The molecule has 0 saturated heterocycles. The molecule has 0 aliphatic heterocycles. The van der Waals surface area contributed by atoms with Gasteiger partial charge in [0.1, 0.15) is 0 Å². The molecule has 0 bridgehead atoms. The molecule has 4 nitrogen and oxygen atoms in total. The Balaban J connectivity index is 0.000000171. The Morgan fingerprint density at radius 3 is 1.35 bits per heavy atom. The van der Waals surface area contributed by atoms with Gasteiger partial charge in [0.15, 0.2) is 11.5 Å². The number of hydrogen-bond donors (Lipinski definition) is 4. The quantitative estimate of drug-likeness (QED) is 0.425. The fourth-order valence-corrected chi connectivity index (χ4v) is 1.09. The summed E-state index contributed by atoms with van der Waals surface area (Å²) in [5.74, 6) is -0.153. The Hall–Kier alpha value is -1.98. The van der Waals surface area contributed by atoms with Crippen molar-refractivity contribution >= 4 is 12.6 Å². The molecule has 0 aromatic heterocycles. The highest BCUT2D eigenvalue weighted by molar-refractivity contribution is 6.58. The third-order valence-electron chi connectivity index (χ3n) is 1.98. The van der Waals surface area contributed by atoms with E-state index in [1.54, 1.807) is 36.4 Å². The van der Waals surface area contributed by atoms with Crippen LogP contribution in [-0.4, -0.2) is 27.4 Å². The van der Waals surface area contributed by atoms with E-state index in [4.69, 9.17) is 20.3 Å². The summed E-state index contributed by atoms with van der Waals surface area (Å²) in [6.07, 6.45) is 0. The molecule has 0 aliphatic carbocycles. The Morgan fingerprint density at radius 2 is 1.06 bits per heavy atom. The van der Waals surface area contributed by atoms with Crippen molar-refractivity contribution in [3.63, 3.8) is 0 Å². The summed E-state index contributed by atoms with van der Waals surface area (Å²) in [5, 5.41) is 34.5. The second-order valence-electron chi connectivity index (χ2n) is 3.27. The highest BCUT2D eigenvalue weighted by Crippen LogP contribution is 2.21. The maximum absolute atomic E-state index is 8.67. The van der Waals surface area contributed by atoms with E-state index in [2.05, 4.69) is 0 Å². The van der Waals surface area contributed by atoms with E-state index in [-0.39, 0.29) is 11.5 Å². The van der Waals surface area contributed by atoms with Crippen LogP contribution in [0.25, 0.3) is 0 Å². The van der Waals surface area contributed by atoms with Gasteiger partial charge in [-0.15, -0.1) is 0 Å². The first kappa shape index (κ1) is 13.1. The molecule has 2 aromatic rings. The van der Waals surface area contributed by atoms with Crippen LogP contribution in [0.1, 0.15) is 0 Å². The number of aromatic hydroxyl groups is 2. The van der Waals surface area contributed by atoms with Crippen LogP contribution in [-0.2, 0) is 0 Å². The normalized spacial score (nSPS) is 9.06. The van der Waals surface area contributed by atoms with Crippen molar-refractivity contribution in [2.45, 2.75) is 0 Å². The van der Waals surface area contributed by atoms with Crippen LogP contribution >= 0.6 is 0 Å². The summed E-state index contributed by atoms with van der Waals surface area (Å²) in [4.78, 5) is 0. The molecule has 0 amide bonds. The van der Waals surface area contributed by atoms with Crippen molar-refractivity contribution < 1.29 is 20.3 Å². The van der Waals surface area contributed by atoms with Gasteiger partial charge in [0, 0.05) is 0 Å². The molecule has 0 saturated carbocycles. The highest BCUT2D eigenvalue weighted by Gasteiger charge is 2.07. The molecule has 88 valence electrons. The van der Waals surface area contributed by atoms with Crippen molar-refractivity contribution in [2.75, 3.05) is 0 Å². The first-order valence-electron chi connectivity index (χ1n) is 4.99. The summed E-state index contributed by atoms with van der Waals surface area (Å²) < 4.78 is 0. The van der Waals surface area contributed by atoms with Gasteiger partial charge in [-0.3, -0.25) is 0 Å². The van der Waals surface area contributed by atoms with Crippen LogP contribution < -0.4 is 5.46 Å². The van der Waals surface area contributed by atoms with E-state index in [1.165, 1.54) is 12.1 Å². The second kappa shape index (κ2) is 6.57. The lowest BCUT2D eigenvalue weighted by atomic mass is 9.81. The monoisotopic (exact) mass is 232 g/mol. The van der Waals surface area contributed by atoms with E-state index in [1.807, 2.05) is 6.07 Å². The van der Waals surface area contributed by atoms with E-state index in [0.717, 1.165) is 0 Å². The van der Waals surface area contributed by atoms with Gasteiger partial charge < -0.3 is 20.3 Å². The van der Waals surface area contributed by atoms with Gasteiger partial charge in [-0.05, 0) is 17.6 Å². The lowest BCUT2D eigenvalue weighted by Crippen LogP contribution is -2.29. The topological polar surface area (TPSA) is 80.9 Å². The van der Waals surface area contributed by atoms with E-state index < -0.39 is 7.12 Å². The number of phenolic OH excluding ortho intramolecular Hbond substituents is 2. The average molecular weight is 232 g/mol. The molecule has 0 aliphatic rings. The van der Waals surface area contributed by atoms with Crippen LogP contribution in [0.5, 0.6) is 11.5 Å². The Labute approximate surface area is 99.6 Å². The van der Waals surface area contributed by atoms with Gasteiger partial charge in [-0.1, -0.05) is 42.5 Å². The van der Waals surface area contributed by atoms with Crippen LogP contribution in [0.4, 0.5) is 0 Å². The van der Waals surface area contributed by atoms with E-state index in [9.17, 15) is 0 Å². The van der Waals surface area contributed by atoms with Gasteiger partial charge in [0.2, 0.25) is 0 Å². The summed E-state index contributed by atoms with van der Waals surface area (Å²) in [6, 6.07) is 14.8. The molecule has 0 atom stereocenters. The van der Waals surface area contributed by atoms with Crippen molar-refractivity contribution in [3.8, 4) is 11.5 Å². The number of benzene rings is 2. The molecule has 2 rings (SSSR count). The lowest BCUT2D eigenvalue weighted by Gasteiger charge is -1.94. The average Bonchev–Trinajstić information content (AvgIpc) is 2.35. The molecule has 0 spiro atoms. The molecule has 2 aromatic carbocycles. The zero-order valence-corrected chi connectivity index (χ0v) is 9.06. The number of para-hydroxylation sites is 2. The zero-order chi connectivity index (χ0) is 12.7. The van der Waals surface area contributed by atoms with Crippen LogP contribution in [0, 0.1) is 0 Å². The van der Waals surface area contributed by atoms with Gasteiger partial charge in [-0.2, -0.15) is 0 Å². The van der Waals surface area contributed by atoms with Crippen molar-refractivity contribution in [1.29, 1.82) is 0 Å². The number of rotatable bonds is 1. The van der Waals surface area contributed by atoms with Crippen LogP contribution in [0.15, 0.2) is 54.6 Å². The van der Waals surface area contributed by atoms with E-state index >= 15 is 0 Å². The third kappa shape index (κ3) is 4.59. The molecule has 0 fully saturated rings. The Kier molecular flexibility index (Phi) is 5.06. The van der Waals surface area contributed by atoms with Gasteiger partial charge in [0.05, 0.1) is 0 Å².